The topological polar surface area (TPSA) is 55.8 Å². The first-order valence-electron chi connectivity index (χ1n) is 9.54. The summed E-state index contributed by atoms with van der Waals surface area (Å²) in [5.74, 6) is 0.607. The summed E-state index contributed by atoms with van der Waals surface area (Å²) in [4.78, 5) is 26.7. The molecular weight excluding hydrogens is 469 g/mol. The molecule has 0 unspecified atom stereocenters. The van der Waals surface area contributed by atoms with Crippen LogP contribution in [-0.2, 0) is 11.4 Å². The van der Waals surface area contributed by atoms with E-state index in [2.05, 4.69) is 0 Å². The van der Waals surface area contributed by atoms with Crippen molar-refractivity contribution in [1.82, 2.24) is 0 Å². The predicted molar refractivity (Wildman–Crippen MR) is 129 cm³/mol. The lowest BCUT2D eigenvalue weighted by Crippen LogP contribution is -2.27. The summed E-state index contributed by atoms with van der Waals surface area (Å²) >= 11 is 13.2. The Morgan fingerprint density at radius 1 is 0.938 bits per heavy atom. The molecule has 0 radical (unpaired) electrons. The number of para-hydroxylation sites is 1. The number of methoxy groups -OCH3 is 1. The first-order valence-corrected chi connectivity index (χ1v) is 11.1. The van der Waals surface area contributed by atoms with Gasteiger partial charge in [0.1, 0.15) is 6.61 Å². The summed E-state index contributed by atoms with van der Waals surface area (Å²) in [6.45, 7) is 0.284. The first kappa shape index (κ1) is 22.3. The number of ether oxygens (including phenoxy) is 2. The van der Waals surface area contributed by atoms with E-state index in [-0.39, 0.29) is 6.61 Å². The number of imide groups is 1. The highest BCUT2D eigenvalue weighted by molar-refractivity contribution is 8.19. The average molecular weight is 486 g/mol. The zero-order chi connectivity index (χ0) is 22.7. The molecule has 32 heavy (non-hydrogen) atoms. The van der Waals surface area contributed by atoms with Crippen molar-refractivity contribution in [2.45, 2.75) is 6.61 Å². The van der Waals surface area contributed by atoms with Crippen LogP contribution >= 0.6 is 35.0 Å². The van der Waals surface area contributed by atoms with Gasteiger partial charge in [-0.2, -0.15) is 0 Å². The summed E-state index contributed by atoms with van der Waals surface area (Å²) in [5, 5.41) is 0.552. The number of nitrogens with zero attached hydrogens (tertiary/aromatic N) is 1. The van der Waals surface area contributed by atoms with Crippen LogP contribution in [0.25, 0.3) is 6.08 Å². The van der Waals surface area contributed by atoms with Gasteiger partial charge in [0, 0.05) is 10.6 Å². The minimum atomic E-state index is -0.425. The Labute approximate surface area is 199 Å². The van der Waals surface area contributed by atoms with Crippen molar-refractivity contribution in [1.29, 1.82) is 0 Å². The minimum Gasteiger partial charge on any atom is -0.493 e. The fourth-order valence-electron chi connectivity index (χ4n) is 3.12. The molecule has 0 bridgehead atoms. The standard InChI is InChI=1S/C24H17Cl2NO4S/c1-30-21-12-15(10-11-20(21)31-14-16-6-2-3-7-17(16)25)13-22-23(28)27(24(29)32-22)19-9-5-4-8-18(19)26/h2-13H,14H2,1H3/b22-13-. The first-order chi connectivity index (χ1) is 15.5. The third-order valence-electron chi connectivity index (χ3n) is 4.71. The van der Waals surface area contributed by atoms with Crippen molar-refractivity contribution >= 4 is 57.9 Å². The van der Waals surface area contributed by atoms with Gasteiger partial charge in [0.25, 0.3) is 11.1 Å². The maximum absolute atomic E-state index is 12.9. The van der Waals surface area contributed by atoms with Gasteiger partial charge in [-0.05, 0) is 53.7 Å². The zero-order valence-electron chi connectivity index (χ0n) is 16.9. The summed E-state index contributed by atoms with van der Waals surface area (Å²) < 4.78 is 11.3. The number of anilines is 1. The van der Waals surface area contributed by atoms with Gasteiger partial charge in [-0.25, -0.2) is 4.90 Å². The maximum atomic E-state index is 12.9. The van der Waals surface area contributed by atoms with Crippen LogP contribution in [0.4, 0.5) is 10.5 Å². The molecule has 0 aromatic heterocycles. The Morgan fingerprint density at radius 2 is 1.66 bits per heavy atom. The summed E-state index contributed by atoms with van der Waals surface area (Å²) in [6, 6.07) is 19.4. The van der Waals surface area contributed by atoms with Gasteiger partial charge in [-0.15, -0.1) is 0 Å². The Bertz CT molecular complexity index is 1230. The van der Waals surface area contributed by atoms with E-state index in [0.29, 0.717) is 37.7 Å². The van der Waals surface area contributed by atoms with E-state index in [4.69, 9.17) is 32.7 Å². The number of benzene rings is 3. The van der Waals surface area contributed by atoms with Crippen LogP contribution in [-0.4, -0.2) is 18.3 Å². The van der Waals surface area contributed by atoms with Crippen LogP contribution in [0.1, 0.15) is 11.1 Å². The minimum absolute atomic E-state index is 0.284. The summed E-state index contributed by atoms with van der Waals surface area (Å²) in [5.41, 5.74) is 1.91. The largest absolute Gasteiger partial charge is 0.493 e. The Morgan fingerprint density at radius 3 is 2.38 bits per heavy atom. The monoisotopic (exact) mass is 485 g/mol. The lowest BCUT2D eigenvalue weighted by molar-refractivity contribution is -0.113. The van der Waals surface area contributed by atoms with E-state index in [0.717, 1.165) is 22.2 Å². The van der Waals surface area contributed by atoms with Gasteiger partial charge in [-0.3, -0.25) is 9.59 Å². The van der Waals surface area contributed by atoms with Crippen molar-refractivity contribution in [3.05, 3.63) is 92.8 Å². The SMILES string of the molecule is COc1cc(/C=C2\SC(=O)N(c3ccccc3Cl)C2=O)ccc1OCc1ccccc1Cl. The molecule has 1 saturated heterocycles. The van der Waals surface area contributed by atoms with E-state index >= 15 is 0 Å². The lowest BCUT2D eigenvalue weighted by atomic mass is 10.1. The molecule has 1 heterocycles. The molecule has 0 saturated carbocycles. The molecule has 1 fully saturated rings. The van der Waals surface area contributed by atoms with E-state index in [1.165, 1.54) is 7.11 Å². The number of carbonyl (C=O) groups excluding carboxylic acids is 2. The Balaban J connectivity index is 1.55. The zero-order valence-corrected chi connectivity index (χ0v) is 19.2. The number of halogens is 2. The molecule has 8 heteroatoms. The molecule has 1 aliphatic heterocycles. The molecule has 4 rings (SSSR count). The summed E-state index contributed by atoms with van der Waals surface area (Å²) in [6.07, 6.45) is 1.64. The molecular formula is C24H17Cl2NO4S. The second-order valence-electron chi connectivity index (χ2n) is 6.76. The van der Waals surface area contributed by atoms with Crippen molar-refractivity contribution in [2.75, 3.05) is 12.0 Å². The Kier molecular flexibility index (Phi) is 6.74. The molecule has 162 valence electrons. The molecule has 0 atom stereocenters. The number of rotatable bonds is 6. The number of hydrogen-bond acceptors (Lipinski definition) is 5. The second kappa shape index (κ2) is 9.69. The van der Waals surface area contributed by atoms with Crippen LogP contribution in [0.15, 0.2) is 71.6 Å². The summed E-state index contributed by atoms with van der Waals surface area (Å²) in [7, 11) is 1.53. The molecule has 3 aromatic carbocycles. The van der Waals surface area contributed by atoms with Gasteiger partial charge in [0.15, 0.2) is 11.5 Å². The molecule has 3 aromatic rings. The van der Waals surface area contributed by atoms with Crippen molar-refractivity contribution < 1.29 is 19.1 Å². The second-order valence-corrected chi connectivity index (χ2v) is 8.57. The number of thioether (sulfide) groups is 1. The lowest BCUT2D eigenvalue weighted by Gasteiger charge is -2.13. The van der Waals surface area contributed by atoms with Crippen molar-refractivity contribution in [3.8, 4) is 11.5 Å². The smallest absolute Gasteiger partial charge is 0.298 e. The van der Waals surface area contributed by atoms with E-state index in [1.54, 1.807) is 54.6 Å². The highest BCUT2D eigenvalue weighted by Crippen LogP contribution is 2.39. The highest BCUT2D eigenvalue weighted by Gasteiger charge is 2.37. The van der Waals surface area contributed by atoms with Crippen LogP contribution < -0.4 is 14.4 Å². The van der Waals surface area contributed by atoms with E-state index in [1.807, 2.05) is 18.2 Å². The highest BCUT2D eigenvalue weighted by atomic mass is 35.5. The molecule has 0 aliphatic carbocycles. The van der Waals surface area contributed by atoms with Gasteiger partial charge >= 0.3 is 0 Å². The third-order valence-corrected chi connectivity index (χ3v) is 6.27. The van der Waals surface area contributed by atoms with Gasteiger partial charge in [0.05, 0.1) is 22.7 Å². The predicted octanol–water partition coefficient (Wildman–Crippen LogP) is 6.82. The fourth-order valence-corrected chi connectivity index (χ4v) is 4.37. The third kappa shape index (κ3) is 4.63. The van der Waals surface area contributed by atoms with Crippen LogP contribution in [0.2, 0.25) is 10.0 Å². The maximum Gasteiger partial charge on any atom is 0.298 e. The van der Waals surface area contributed by atoms with E-state index < -0.39 is 11.1 Å². The van der Waals surface area contributed by atoms with Crippen molar-refractivity contribution in [2.24, 2.45) is 0 Å². The molecule has 0 spiro atoms. The van der Waals surface area contributed by atoms with Crippen molar-refractivity contribution in [3.63, 3.8) is 0 Å². The van der Waals surface area contributed by atoms with Crippen LogP contribution in [0.3, 0.4) is 0 Å². The van der Waals surface area contributed by atoms with Crippen LogP contribution in [0, 0.1) is 0 Å². The van der Waals surface area contributed by atoms with Gasteiger partial charge < -0.3 is 9.47 Å². The van der Waals surface area contributed by atoms with Gasteiger partial charge in [-0.1, -0.05) is 59.6 Å². The van der Waals surface area contributed by atoms with Crippen LogP contribution in [0.5, 0.6) is 11.5 Å². The normalized spacial score (nSPS) is 14.8. The quantitative estimate of drug-likeness (QED) is 0.358. The molecule has 2 amide bonds. The molecule has 1 aliphatic rings. The average Bonchev–Trinajstić information content (AvgIpc) is 3.06. The Hall–Kier alpha value is -2.93. The molecule has 0 N–H and O–H groups in total. The van der Waals surface area contributed by atoms with Gasteiger partial charge in [0.2, 0.25) is 0 Å². The number of hydrogen-bond donors (Lipinski definition) is 0. The fraction of sp³-hybridized carbons (Fsp3) is 0.0833. The number of amides is 2. The molecule has 5 nitrogen and oxygen atoms in total. The van der Waals surface area contributed by atoms with E-state index in [9.17, 15) is 9.59 Å². The number of carbonyl (C=O) groups is 2.